The Kier molecular flexibility index (Phi) is 4.39. The SMILES string of the molecule is CCNS(=O)(=O)Nc1cc(Cl)ccc1Br. The van der Waals surface area contributed by atoms with E-state index in [9.17, 15) is 8.42 Å². The normalized spacial score (nSPS) is 11.4. The highest BCUT2D eigenvalue weighted by molar-refractivity contribution is 9.10. The first-order valence-corrected chi connectivity index (χ1v) is 6.82. The van der Waals surface area contributed by atoms with E-state index in [1.807, 2.05) is 0 Å². The van der Waals surface area contributed by atoms with Gasteiger partial charge in [-0.05, 0) is 34.1 Å². The molecule has 0 aliphatic carbocycles. The Morgan fingerprint density at radius 2 is 2.13 bits per heavy atom. The lowest BCUT2D eigenvalue weighted by Crippen LogP contribution is -2.29. The van der Waals surface area contributed by atoms with Crippen LogP contribution >= 0.6 is 27.5 Å². The van der Waals surface area contributed by atoms with Crippen molar-refractivity contribution in [3.63, 3.8) is 0 Å². The molecule has 0 unspecified atom stereocenters. The lowest BCUT2D eigenvalue weighted by atomic mass is 10.3. The number of rotatable bonds is 4. The van der Waals surface area contributed by atoms with E-state index in [0.29, 0.717) is 21.7 Å². The Labute approximate surface area is 102 Å². The smallest absolute Gasteiger partial charge is 0.270 e. The van der Waals surface area contributed by atoms with Crippen molar-refractivity contribution in [1.29, 1.82) is 0 Å². The van der Waals surface area contributed by atoms with Crippen molar-refractivity contribution in [3.05, 3.63) is 27.7 Å². The minimum Gasteiger partial charge on any atom is -0.270 e. The summed E-state index contributed by atoms with van der Waals surface area (Å²) in [6.07, 6.45) is 0. The van der Waals surface area contributed by atoms with Crippen LogP contribution in [0, 0.1) is 0 Å². The van der Waals surface area contributed by atoms with Crippen LogP contribution in [0.1, 0.15) is 6.92 Å². The number of hydrogen-bond acceptors (Lipinski definition) is 2. The van der Waals surface area contributed by atoms with Crippen molar-refractivity contribution >= 4 is 43.4 Å². The molecule has 0 fully saturated rings. The molecule has 7 heteroatoms. The van der Waals surface area contributed by atoms with Crippen molar-refractivity contribution in [2.24, 2.45) is 0 Å². The van der Waals surface area contributed by atoms with Gasteiger partial charge in [-0.15, -0.1) is 0 Å². The lowest BCUT2D eigenvalue weighted by molar-refractivity contribution is 0.589. The summed E-state index contributed by atoms with van der Waals surface area (Å²) in [6.45, 7) is 2.03. The van der Waals surface area contributed by atoms with Gasteiger partial charge in [0.1, 0.15) is 0 Å². The summed E-state index contributed by atoms with van der Waals surface area (Å²) in [6, 6.07) is 4.86. The Hall–Kier alpha value is -0.300. The van der Waals surface area contributed by atoms with Gasteiger partial charge in [-0.3, -0.25) is 4.72 Å². The zero-order valence-corrected chi connectivity index (χ0v) is 11.1. The van der Waals surface area contributed by atoms with Gasteiger partial charge in [0.15, 0.2) is 0 Å². The standard InChI is InChI=1S/C8H10BrClN2O2S/c1-2-11-15(13,14)12-8-5-6(10)3-4-7(8)9/h3-5,11-12H,2H2,1H3. The summed E-state index contributed by atoms with van der Waals surface area (Å²) in [7, 11) is -3.51. The Morgan fingerprint density at radius 1 is 1.47 bits per heavy atom. The van der Waals surface area contributed by atoms with Crippen molar-refractivity contribution in [1.82, 2.24) is 4.72 Å². The van der Waals surface area contributed by atoms with E-state index in [1.54, 1.807) is 19.1 Å². The van der Waals surface area contributed by atoms with Crippen LogP contribution < -0.4 is 9.44 Å². The van der Waals surface area contributed by atoms with Gasteiger partial charge in [-0.25, -0.2) is 0 Å². The molecule has 0 saturated carbocycles. The van der Waals surface area contributed by atoms with Gasteiger partial charge in [0, 0.05) is 16.0 Å². The number of halogens is 2. The maximum atomic E-state index is 11.4. The minimum atomic E-state index is -3.51. The van der Waals surface area contributed by atoms with Crippen molar-refractivity contribution in [2.45, 2.75) is 6.92 Å². The Morgan fingerprint density at radius 3 is 2.73 bits per heavy atom. The summed E-state index contributed by atoms with van der Waals surface area (Å²) in [5.74, 6) is 0. The van der Waals surface area contributed by atoms with Crippen LogP contribution in [-0.2, 0) is 10.2 Å². The van der Waals surface area contributed by atoms with E-state index in [4.69, 9.17) is 11.6 Å². The molecule has 0 aliphatic rings. The quantitative estimate of drug-likeness (QED) is 0.896. The van der Waals surface area contributed by atoms with Crippen LogP contribution in [0.2, 0.25) is 5.02 Å². The van der Waals surface area contributed by atoms with E-state index < -0.39 is 10.2 Å². The van der Waals surface area contributed by atoms with Gasteiger partial charge in [0.25, 0.3) is 10.2 Å². The van der Waals surface area contributed by atoms with Gasteiger partial charge in [-0.2, -0.15) is 13.1 Å². The predicted octanol–water partition coefficient (Wildman–Crippen LogP) is 2.37. The highest BCUT2D eigenvalue weighted by Gasteiger charge is 2.10. The van der Waals surface area contributed by atoms with Gasteiger partial charge in [-0.1, -0.05) is 18.5 Å². The molecule has 2 N–H and O–H groups in total. The molecule has 0 amide bonds. The molecule has 15 heavy (non-hydrogen) atoms. The zero-order valence-electron chi connectivity index (χ0n) is 7.92. The molecule has 1 rings (SSSR count). The fraction of sp³-hybridized carbons (Fsp3) is 0.250. The van der Waals surface area contributed by atoms with Gasteiger partial charge < -0.3 is 0 Å². The van der Waals surface area contributed by atoms with E-state index in [-0.39, 0.29) is 0 Å². The molecule has 0 heterocycles. The van der Waals surface area contributed by atoms with Crippen molar-refractivity contribution in [2.75, 3.05) is 11.3 Å². The molecule has 0 aliphatic heterocycles. The Balaban J connectivity index is 2.94. The predicted molar refractivity (Wildman–Crippen MR) is 65.4 cm³/mol. The van der Waals surface area contributed by atoms with E-state index >= 15 is 0 Å². The monoisotopic (exact) mass is 312 g/mol. The number of nitrogens with one attached hydrogen (secondary N) is 2. The summed E-state index contributed by atoms with van der Waals surface area (Å²) in [5, 5.41) is 0.465. The molecule has 4 nitrogen and oxygen atoms in total. The molecular formula is C8H10BrClN2O2S. The number of benzene rings is 1. The van der Waals surface area contributed by atoms with Crippen LogP contribution in [0.5, 0.6) is 0 Å². The average molecular weight is 314 g/mol. The second-order valence-corrected chi connectivity index (χ2v) is 5.52. The number of anilines is 1. The summed E-state index contributed by atoms with van der Waals surface area (Å²) in [4.78, 5) is 0. The highest BCUT2D eigenvalue weighted by atomic mass is 79.9. The molecule has 0 radical (unpaired) electrons. The maximum absolute atomic E-state index is 11.4. The summed E-state index contributed by atoms with van der Waals surface area (Å²) in [5.41, 5.74) is 0.406. The van der Waals surface area contributed by atoms with Crippen LogP contribution in [-0.4, -0.2) is 15.0 Å². The second kappa shape index (κ2) is 5.16. The largest absolute Gasteiger partial charge is 0.299 e. The van der Waals surface area contributed by atoms with Gasteiger partial charge in [0.2, 0.25) is 0 Å². The molecule has 0 atom stereocenters. The average Bonchev–Trinajstić information content (AvgIpc) is 2.10. The summed E-state index contributed by atoms with van der Waals surface area (Å²) < 4.78 is 28.1. The van der Waals surface area contributed by atoms with E-state index in [0.717, 1.165) is 0 Å². The molecule has 0 saturated heterocycles. The lowest BCUT2D eigenvalue weighted by Gasteiger charge is -2.09. The van der Waals surface area contributed by atoms with Crippen LogP contribution in [0.25, 0.3) is 0 Å². The van der Waals surface area contributed by atoms with Crippen molar-refractivity contribution < 1.29 is 8.42 Å². The van der Waals surface area contributed by atoms with Crippen molar-refractivity contribution in [3.8, 4) is 0 Å². The van der Waals surface area contributed by atoms with Crippen LogP contribution in [0.3, 0.4) is 0 Å². The first-order chi connectivity index (χ1) is 6.94. The molecule has 0 aromatic heterocycles. The molecule has 84 valence electrons. The van der Waals surface area contributed by atoms with Gasteiger partial charge >= 0.3 is 0 Å². The van der Waals surface area contributed by atoms with Gasteiger partial charge in [0.05, 0.1) is 5.69 Å². The highest BCUT2D eigenvalue weighted by Crippen LogP contribution is 2.26. The second-order valence-electron chi connectivity index (χ2n) is 2.73. The maximum Gasteiger partial charge on any atom is 0.299 e. The zero-order chi connectivity index (χ0) is 11.5. The molecule has 0 spiro atoms. The topological polar surface area (TPSA) is 58.2 Å². The van der Waals surface area contributed by atoms with Crippen LogP contribution in [0.4, 0.5) is 5.69 Å². The number of hydrogen-bond donors (Lipinski definition) is 2. The molecule has 1 aromatic carbocycles. The molecular weight excluding hydrogens is 304 g/mol. The third-order valence-electron chi connectivity index (χ3n) is 1.51. The first kappa shape index (κ1) is 12.8. The first-order valence-electron chi connectivity index (χ1n) is 4.17. The minimum absolute atomic E-state index is 0.327. The summed E-state index contributed by atoms with van der Waals surface area (Å²) >= 11 is 8.97. The van der Waals surface area contributed by atoms with Crippen LogP contribution in [0.15, 0.2) is 22.7 Å². The Bertz CT molecular complexity index is 450. The fourth-order valence-corrected chi connectivity index (χ4v) is 2.51. The van der Waals surface area contributed by atoms with E-state index in [2.05, 4.69) is 25.4 Å². The fourth-order valence-electron chi connectivity index (χ4n) is 0.947. The third-order valence-corrected chi connectivity index (χ3v) is 3.59. The van der Waals surface area contributed by atoms with E-state index in [1.165, 1.54) is 6.07 Å². The third kappa shape index (κ3) is 3.98. The molecule has 1 aromatic rings. The molecule has 0 bridgehead atoms.